The smallest absolute Gasteiger partial charge is 0.462 e. The maximum absolute atomic E-state index is 12.8. The highest BCUT2D eigenvalue weighted by Crippen LogP contribution is 2.43. The summed E-state index contributed by atoms with van der Waals surface area (Å²) in [7, 11) is -5.49. The largest absolute Gasteiger partial charge is 0.472 e. The van der Waals surface area contributed by atoms with E-state index in [2.05, 4.69) is 35.0 Å². The minimum Gasteiger partial charge on any atom is -0.462 e. The molecule has 0 aliphatic rings. The van der Waals surface area contributed by atoms with Crippen LogP contribution in [0.15, 0.2) is 12.2 Å². The molecular weight excluding hydrogens is 635 g/mol. The van der Waals surface area contributed by atoms with E-state index in [4.69, 9.17) is 21.4 Å². The van der Waals surface area contributed by atoms with Crippen molar-refractivity contribution >= 4 is 19.8 Å². The second-order valence-corrected chi connectivity index (χ2v) is 13.8. The van der Waals surface area contributed by atoms with Gasteiger partial charge in [0.05, 0.1) is 26.6 Å². The highest BCUT2D eigenvalue weighted by molar-refractivity contribution is 7.47. The first-order chi connectivity index (χ1) is 25.1. The van der Waals surface area contributed by atoms with Gasteiger partial charge in [0, 0.05) is 12.8 Å². The van der Waals surface area contributed by atoms with Gasteiger partial charge in [-0.05, 0) is 32.1 Å². The zero-order valence-electron chi connectivity index (χ0n) is 35.0. The number of aliphatic hydroxyl groups excluding tert-OH is 2. The van der Waals surface area contributed by atoms with Gasteiger partial charge in [-0.3, -0.25) is 18.6 Å². The molecule has 0 saturated heterocycles. The van der Waals surface area contributed by atoms with Crippen molar-refractivity contribution in [2.45, 2.75) is 187 Å². The molecule has 0 fully saturated rings. The van der Waals surface area contributed by atoms with Crippen LogP contribution in [0, 0.1) is 0 Å². The van der Waals surface area contributed by atoms with E-state index in [1.807, 2.05) is 0 Å². The van der Waals surface area contributed by atoms with Crippen molar-refractivity contribution in [3.63, 3.8) is 0 Å². The Balaban J connectivity index is 5.13. The topological polar surface area (TPSA) is 149 Å². The van der Waals surface area contributed by atoms with Crippen LogP contribution < -0.4 is 0 Å². The number of allylic oxidation sites excluding steroid dienone is 2. The first-order valence-electron chi connectivity index (χ1n) is 21.1. The number of carbonyl (C=O) groups is 2. The lowest BCUT2D eigenvalue weighted by molar-refractivity contribution is -0.161. The van der Waals surface area contributed by atoms with Gasteiger partial charge < -0.3 is 24.6 Å². The maximum atomic E-state index is 12.8. The molecule has 0 radical (unpaired) electrons. The van der Waals surface area contributed by atoms with Crippen LogP contribution in [0.3, 0.4) is 0 Å². The van der Waals surface area contributed by atoms with E-state index in [9.17, 15) is 24.2 Å². The predicted octanol–water partition coefficient (Wildman–Crippen LogP) is 9.28. The molecule has 11 heteroatoms. The summed E-state index contributed by atoms with van der Waals surface area (Å²) >= 11 is 0. The van der Waals surface area contributed by atoms with E-state index in [0.29, 0.717) is 19.3 Å². The molecule has 0 saturated carbocycles. The molecule has 0 rings (SSSR count). The van der Waals surface area contributed by atoms with Crippen LogP contribution in [-0.2, 0) is 32.7 Å². The van der Waals surface area contributed by atoms with Crippen molar-refractivity contribution in [2.75, 3.05) is 26.3 Å². The summed E-state index contributed by atoms with van der Waals surface area (Å²) in [5.41, 5.74) is 0. The fraction of sp³-hybridized carbons (Fsp3) is 0.892. The van der Waals surface area contributed by atoms with Gasteiger partial charge in [0.1, 0.15) is 12.7 Å². The Kier molecular flexibility index (Phi) is 27.0. The Morgan fingerprint density at radius 1 is 0.688 bits per heavy atom. The van der Waals surface area contributed by atoms with E-state index < -0.39 is 58.3 Å². The van der Waals surface area contributed by atoms with Crippen molar-refractivity contribution in [1.82, 2.24) is 0 Å². The molecule has 0 heterocycles. The Morgan fingerprint density at radius 3 is 1.67 bits per heavy atom. The molecular formula is C37H71O10P. The summed E-state index contributed by atoms with van der Waals surface area (Å²) in [6.07, 6.45) is 21.5. The minimum absolute atomic E-state index is 0.249. The second-order valence-electron chi connectivity index (χ2n) is 12.4. The third-order valence-corrected chi connectivity index (χ3v) is 8.54. The van der Waals surface area contributed by atoms with Crippen LogP contribution in [0.5, 0.6) is 0 Å². The maximum Gasteiger partial charge on any atom is 0.472 e. The lowest BCUT2D eigenvalue weighted by Gasteiger charge is -2.20. The zero-order valence-corrected chi connectivity index (χ0v) is 30.9. The van der Waals surface area contributed by atoms with Gasteiger partial charge in [0.15, 0.2) is 6.08 Å². The molecule has 0 bridgehead atoms. The molecule has 3 atom stereocenters. The number of carbonyl (C=O) groups excluding carboxylic acids is 2. The van der Waals surface area contributed by atoms with Crippen molar-refractivity contribution in [2.24, 2.45) is 0 Å². The molecule has 0 aliphatic heterocycles. The fourth-order valence-electron chi connectivity index (χ4n) is 4.82. The number of aliphatic hydroxyl groups is 2. The Bertz CT molecular complexity index is 1040. The molecule has 48 heavy (non-hydrogen) atoms. The van der Waals surface area contributed by atoms with Crippen LogP contribution in [-0.4, -0.2) is 65.6 Å². The molecule has 0 aromatic carbocycles. The summed E-state index contributed by atoms with van der Waals surface area (Å²) in [6.45, 7) is -5.08. The summed E-state index contributed by atoms with van der Waals surface area (Å²) in [4.78, 5) is 35.6. The molecule has 0 spiro atoms. The third kappa shape index (κ3) is 33.2. The number of phosphoric acid groups is 1. The van der Waals surface area contributed by atoms with Crippen molar-refractivity contribution in [1.29, 1.82) is 0 Å². The van der Waals surface area contributed by atoms with Crippen LogP contribution in [0.2, 0.25) is 0 Å². The number of ether oxygens (including phenoxy) is 2. The number of rotatable bonds is 36. The number of phosphoric ester groups is 1. The monoisotopic (exact) mass is 712 g/mol. The Hall–Kier alpha value is -1.29. The zero-order chi connectivity index (χ0) is 40.1. The molecule has 0 aromatic heterocycles. The molecule has 284 valence electrons. The van der Waals surface area contributed by atoms with Gasteiger partial charge in [0.25, 0.3) is 0 Å². The summed E-state index contributed by atoms with van der Waals surface area (Å²) in [6, 6.07) is 0. The lowest BCUT2D eigenvalue weighted by Crippen LogP contribution is -2.29. The average Bonchev–Trinajstić information content (AvgIpc) is 3.08. The Labute approximate surface area is 299 Å². The lowest BCUT2D eigenvalue weighted by atomic mass is 10.0. The fourth-order valence-corrected chi connectivity index (χ4v) is 5.43. The molecule has 0 aliphatic carbocycles. The van der Waals surface area contributed by atoms with E-state index >= 15 is 0 Å². The van der Waals surface area contributed by atoms with Crippen molar-refractivity contribution < 1.29 is 54.6 Å². The van der Waals surface area contributed by atoms with E-state index in [-0.39, 0.29) is 19.3 Å². The SMILES string of the molecule is [2H]C([2H])(OC(=O)CCCCCCCCCCCCCCCC)[C@@]([2H])(OC(=O)CCCCCCC/C=C\CCCC)C([2H])([2H])OP(=O)(O)OCC(O)CO. The quantitative estimate of drug-likeness (QED) is 0.0248. The van der Waals surface area contributed by atoms with Crippen LogP contribution in [0.25, 0.3) is 0 Å². The van der Waals surface area contributed by atoms with E-state index in [1.165, 1.54) is 51.4 Å². The van der Waals surface area contributed by atoms with E-state index in [1.54, 1.807) is 0 Å². The average molecular weight is 712 g/mol. The van der Waals surface area contributed by atoms with Gasteiger partial charge >= 0.3 is 19.8 Å². The molecule has 10 nitrogen and oxygen atoms in total. The van der Waals surface area contributed by atoms with Gasteiger partial charge in [-0.2, -0.15) is 0 Å². The number of hydrogen-bond acceptors (Lipinski definition) is 9. The second kappa shape index (κ2) is 34.2. The number of hydrogen-bond donors (Lipinski definition) is 3. The first-order valence-corrected chi connectivity index (χ1v) is 20.1. The molecule has 0 amide bonds. The van der Waals surface area contributed by atoms with Crippen molar-refractivity contribution in [3.05, 3.63) is 12.2 Å². The molecule has 3 N–H and O–H groups in total. The van der Waals surface area contributed by atoms with Crippen LogP contribution in [0.4, 0.5) is 0 Å². The van der Waals surface area contributed by atoms with E-state index in [0.717, 1.165) is 70.6 Å². The first kappa shape index (κ1) is 38.0. The van der Waals surface area contributed by atoms with Crippen molar-refractivity contribution in [3.8, 4) is 0 Å². The Morgan fingerprint density at radius 2 is 1.15 bits per heavy atom. The highest BCUT2D eigenvalue weighted by atomic mass is 31.2. The minimum atomic E-state index is -5.49. The van der Waals surface area contributed by atoms with Gasteiger partial charge in [-0.25, -0.2) is 4.57 Å². The summed E-state index contributed by atoms with van der Waals surface area (Å²) in [5.74, 6) is -2.32. The molecule has 2 unspecified atom stereocenters. The number of esters is 2. The standard InChI is InChI=1S/C37H71O10P/c1-3-5-7-9-11-13-15-16-17-19-20-22-24-26-28-36(40)44-32-35(33-46-48(42,43)45-31-34(39)30-38)47-37(41)29-27-25-23-21-18-14-12-10-8-6-4-2/h10,12,34-35,38-39H,3-9,11,13-33H2,1-2H3,(H,42,43)/b12-10-/t34?,35-/m1/s1/i32D2,33D2,35D. The van der Waals surface area contributed by atoms with Crippen LogP contribution >= 0.6 is 7.82 Å². The summed E-state index contributed by atoms with van der Waals surface area (Å²) in [5, 5.41) is 18.4. The van der Waals surface area contributed by atoms with Crippen LogP contribution in [0.1, 0.15) is 181 Å². The molecule has 0 aromatic rings. The normalized spacial score (nSPS) is 17.0. The van der Waals surface area contributed by atoms with Gasteiger partial charge in [-0.1, -0.05) is 142 Å². The summed E-state index contributed by atoms with van der Waals surface area (Å²) < 4.78 is 73.2. The predicted molar refractivity (Wildman–Crippen MR) is 192 cm³/mol. The number of unbranched alkanes of at least 4 members (excludes halogenated alkanes) is 20. The van der Waals surface area contributed by atoms with Gasteiger partial charge in [-0.15, -0.1) is 0 Å². The van der Waals surface area contributed by atoms with Gasteiger partial charge in [0.2, 0.25) is 0 Å². The highest BCUT2D eigenvalue weighted by Gasteiger charge is 2.27. The third-order valence-electron chi connectivity index (χ3n) is 7.75.